The molecule has 2 aromatic carbocycles. The van der Waals surface area contributed by atoms with Crippen molar-refractivity contribution in [1.29, 1.82) is 0 Å². The molecular formula is C23H28ClN5OS. The van der Waals surface area contributed by atoms with Gasteiger partial charge in [-0.3, -0.25) is 4.79 Å². The smallest absolute Gasteiger partial charge is 0.226 e. The van der Waals surface area contributed by atoms with Gasteiger partial charge in [0.25, 0.3) is 0 Å². The molecule has 3 rings (SSSR count). The number of benzene rings is 2. The first-order valence-corrected chi connectivity index (χ1v) is 11.6. The summed E-state index contributed by atoms with van der Waals surface area (Å²) in [5.41, 5.74) is 4.13. The van der Waals surface area contributed by atoms with Crippen LogP contribution >= 0.6 is 23.8 Å². The van der Waals surface area contributed by atoms with Crippen molar-refractivity contribution in [2.24, 2.45) is 0 Å². The van der Waals surface area contributed by atoms with Gasteiger partial charge in [-0.15, -0.1) is 10.2 Å². The summed E-state index contributed by atoms with van der Waals surface area (Å²) in [5.74, 6) is -0.100. The monoisotopic (exact) mass is 457 g/mol. The summed E-state index contributed by atoms with van der Waals surface area (Å²) in [4.78, 5) is 13.6. The van der Waals surface area contributed by atoms with E-state index in [0.29, 0.717) is 28.2 Å². The maximum absolute atomic E-state index is 12.0. The second-order valence-electron chi connectivity index (χ2n) is 7.54. The van der Waals surface area contributed by atoms with Gasteiger partial charge in [-0.05, 0) is 61.3 Å². The molecule has 0 saturated carbocycles. The summed E-state index contributed by atoms with van der Waals surface area (Å²) in [6.45, 7) is 4.29. The van der Waals surface area contributed by atoms with Crippen LogP contribution in [0.4, 0.5) is 5.69 Å². The van der Waals surface area contributed by atoms with Crippen LogP contribution in [0.25, 0.3) is 16.7 Å². The fraction of sp³-hybridized carbons (Fsp3) is 0.391. The Morgan fingerprint density at radius 2 is 1.71 bits per heavy atom. The van der Waals surface area contributed by atoms with Gasteiger partial charge in [0.2, 0.25) is 5.91 Å². The highest BCUT2D eigenvalue weighted by Gasteiger charge is 2.12. The maximum atomic E-state index is 12.0. The van der Waals surface area contributed by atoms with Gasteiger partial charge < -0.3 is 10.6 Å². The average Bonchev–Trinajstić information content (AvgIpc) is 3.15. The molecule has 0 fully saturated rings. The molecule has 0 atom stereocenters. The number of aromatic nitrogens is 3. The van der Waals surface area contributed by atoms with Crippen molar-refractivity contribution in [1.82, 2.24) is 20.3 Å². The molecule has 164 valence electrons. The number of carbonyl (C=O) groups is 1. The first kappa shape index (κ1) is 23.2. The number of halogens is 1. The summed E-state index contributed by atoms with van der Waals surface area (Å²) in [5, 5.41) is 15.5. The normalized spacial score (nSPS) is 10.9. The Labute approximate surface area is 193 Å². The third-order valence-electron chi connectivity index (χ3n) is 4.96. The minimum atomic E-state index is -0.100. The van der Waals surface area contributed by atoms with E-state index in [1.807, 2.05) is 12.1 Å². The van der Waals surface area contributed by atoms with E-state index in [9.17, 15) is 4.79 Å². The van der Waals surface area contributed by atoms with E-state index < -0.39 is 0 Å². The van der Waals surface area contributed by atoms with Gasteiger partial charge in [0, 0.05) is 6.42 Å². The van der Waals surface area contributed by atoms with Gasteiger partial charge in [0.15, 0.2) is 5.11 Å². The van der Waals surface area contributed by atoms with Crippen molar-refractivity contribution in [2.75, 3.05) is 5.32 Å². The lowest BCUT2D eigenvalue weighted by Gasteiger charge is -2.10. The Morgan fingerprint density at radius 1 is 1.03 bits per heavy atom. The average molecular weight is 458 g/mol. The molecule has 0 radical (unpaired) electrons. The number of thiocarbonyl (C=S) groups is 1. The summed E-state index contributed by atoms with van der Waals surface area (Å²) >= 11 is 11.7. The predicted octanol–water partition coefficient (Wildman–Crippen LogP) is 5.81. The van der Waals surface area contributed by atoms with Crippen LogP contribution in [0.3, 0.4) is 0 Å². The van der Waals surface area contributed by atoms with Gasteiger partial charge in [0.1, 0.15) is 11.0 Å². The Balaban J connectivity index is 1.70. The number of hydrogen-bond acceptors (Lipinski definition) is 4. The molecule has 0 bridgehead atoms. The van der Waals surface area contributed by atoms with E-state index in [2.05, 4.69) is 46.8 Å². The third kappa shape index (κ3) is 6.48. The van der Waals surface area contributed by atoms with Crippen LogP contribution in [0.15, 0.2) is 36.4 Å². The Morgan fingerprint density at radius 3 is 2.39 bits per heavy atom. The number of unbranched alkanes of at least 4 members (excludes halogenated alkanes) is 3. The second-order valence-corrected chi connectivity index (χ2v) is 8.36. The molecule has 31 heavy (non-hydrogen) atoms. The van der Waals surface area contributed by atoms with Crippen LogP contribution < -0.4 is 10.6 Å². The Bertz CT molecular complexity index is 1050. The van der Waals surface area contributed by atoms with Gasteiger partial charge in [-0.1, -0.05) is 56.8 Å². The maximum Gasteiger partial charge on any atom is 0.226 e. The molecule has 0 unspecified atom stereocenters. The fourth-order valence-corrected chi connectivity index (χ4v) is 3.63. The van der Waals surface area contributed by atoms with E-state index in [4.69, 9.17) is 23.8 Å². The molecule has 0 spiro atoms. The third-order valence-corrected chi connectivity index (χ3v) is 5.48. The van der Waals surface area contributed by atoms with Crippen molar-refractivity contribution < 1.29 is 4.79 Å². The summed E-state index contributed by atoms with van der Waals surface area (Å²) in [7, 11) is 0. The number of carbonyl (C=O) groups excluding carboxylic acids is 1. The number of fused-ring (bicyclic) bond motifs is 1. The summed E-state index contributed by atoms with van der Waals surface area (Å²) in [6.07, 6.45) is 6.82. The molecule has 1 amide bonds. The minimum Gasteiger partial charge on any atom is -0.331 e. The molecular weight excluding hydrogens is 430 g/mol. The quantitative estimate of drug-likeness (QED) is 0.313. The van der Waals surface area contributed by atoms with Crippen LogP contribution in [0.2, 0.25) is 5.02 Å². The van der Waals surface area contributed by atoms with Crippen molar-refractivity contribution in [3.63, 3.8) is 0 Å². The lowest BCUT2D eigenvalue weighted by atomic mass is 10.1. The first-order chi connectivity index (χ1) is 15.0. The molecule has 3 aromatic rings. The molecule has 1 heterocycles. The largest absolute Gasteiger partial charge is 0.331 e. The highest BCUT2D eigenvalue weighted by Crippen LogP contribution is 2.27. The van der Waals surface area contributed by atoms with Gasteiger partial charge in [-0.25, -0.2) is 0 Å². The van der Waals surface area contributed by atoms with Crippen molar-refractivity contribution in [3.8, 4) is 5.69 Å². The van der Waals surface area contributed by atoms with Gasteiger partial charge >= 0.3 is 0 Å². The summed E-state index contributed by atoms with van der Waals surface area (Å²) < 4.78 is 0. The molecule has 2 N–H and O–H groups in total. The first-order valence-electron chi connectivity index (χ1n) is 10.8. The van der Waals surface area contributed by atoms with Crippen LogP contribution in [-0.2, 0) is 11.2 Å². The van der Waals surface area contributed by atoms with Crippen LogP contribution in [-0.4, -0.2) is 26.0 Å². The standard InChI is InChI=1S/C23H28ClN5OS/c1-3-5-7-9-22(30)26-23(31)25-19-15-21-20(14-18(19)24)27-29(28-21)17-12-10-16(11-13-17)8-6-4-2/h10-15H,3-9H2,1-2H3,(H2,25,26,30,31). The van der Waals surface area contributed by atoms with Crippen LogP contribution in [0.5, 0.6) is 0 Å². The number of anilines is 1. The molecule has 1 aromatic heterocycles. The fourth-order valence-electron chi connectivity index (χ4n) is 3.20. The molecule has 8 heteroatoms. The number of rotatable bonds is 9. The van der Waals surface area contributed by atoms with Gasteiger partial charge in [-0.2, -0.15) is 4.80 Å². The Hall–Kier alpha value is -2.51. The van der Waals surface area contributed by atoms with E-state index >= 15 is 0 Å². The Kier molecular flexibility index (Phi) is 8.37. The van der Waals surface area contributed by atoms with Gasteiger partial charge in [0.05, 0.1) is 16.4 Å². The zero-order valence-corrected chi connectivity index (χ0v) is 19.5. The van der Waals surface area contributed by atoms with Crippen LogP contribution in [0.1, 0.15) is 57.9 Å². The van der Waals surface area contributed by atoms with Crippen molar-refractivity contribution in [3.05, 3.63) is 47.0 Å². The molecule has 0 aliphatic carbocycles. The number of hydrogen-bond donors (Lipinski definition) is 2. The second kappa shape index (κ2) is 11.2. The number of nitrogens with one attached hydrogen (secondary N) is 2. The lowest BCUT2D eigenvalue weighted by molar-refractivity contribution is -0.119. The topological polar surface area (TPSA) is 71.8 Å². The minimum absolute atomic E-state index is 0.100. The zero-order valence-electron chi connectivity index (χ0n) is 17.9. The van der Waals surface area contributed by atoms with E-state index in [1.54, 1.807) is 16.9 Å². The van der Waals surface area contributed by atoms with E-state index in [1.165, 1.54) is 18.4 Å². The molecule has 6 nitrogen and oxygen atoms in total. The number of aryl methyl sites for hydroxylation is 1. The molecule has 0 aliphatic rings. The predicted molar refractivity (Wildman–Crippen MR) is 131 cm³/mol. The highest BCUT2D eigenvalue weighted by atomic mass is 35.5. The number of nitrogens with zero attached hydrogens (tertiary/aromatic N) is 3. The van der Waals surface area contributed by atoms with Crippen LogP contribution in [0, 0.1) is 0 Å². The SMILES string of the molecule is CCCCCC(=O)NC(=S)Nc1cc2nn(-c3ccc(CCCC)cc3)nc2cc1Cl. The van der Waals surface area contributed by atoms with Crippen molar-refractivity contribution >= 4 is 51.6 Å². The zero-order chi connectivity index (χ0) is 22.2. The van der Waals surface area contributed by atoms with E-state index in [-0.39, 0.29) is 11.0 Å². The lowest BCUT2D eigenvalue weighted by Crippen LogP contribution is -2.34. The van der Waals surface area contributed by atoms with Crippen molar-refractivity contribution in [2.45, 2.75) is 58.8 Å². The number of amides is 1. The highest BCUT2D eigenvalue weighted by molar-refractivity contribution is 7.80. The van der Waals surface area contributed by atoms with E-state index in [0.717, 1.165) is 31.4 Å². The molecule has 0 saturated heterocycles. The molecule has 0 aliphatic heterocycles. The summed E-state index contributed by atoms with van der Waals surface area (Å²) in [6, 6.07) is 11.8.